The van der Waals surface area contributed by atoms with E-state index in [9.17, 15) is 9.59 Å². The van der Waals surface area contributed by atoms with E-state index in [0.29, 0.717) is 15.0 Å². The van der Waals surface area contributed by atoms with E-state index in [1.807, 2.05) is 32.0 Å². The molecule has 1 aliphatic rings. The lowest BCUT2D eigenvalue weighted by Gasteiger charge is -2.13. The van der Waals surface area contributed by atoms with Crippen molar-refractivity contribution in [3.63, 3.8) is 0 Å². The van der Waals surface area contributed by atoms with Crippen molar-refractivity contribution in [2.45, 2.75) is 20.4 Å². The predicted molar refractivity (Wildman–Crippen MR) is 141 cm³/mol. The van der Waals surface area contributed by atoms with Crippen molar-refractivity contribution < 1.29 is 9.59 Å². The van der Waals surface area contributed by atoms with Gasteiger partial charge in [0.05, 0.1) is 21.5 Å². The maximum absolute atomic E-state index is 13.0. The molecule has 2 heterocycles. The topological polar surface area (TPSA) is 42.3 Å². The number of fused-ring (bicyclic) bond motifs is 1. The summed E-state index contributed by atoms with van der Waals surface area (Å²) in [5.74, 6) is -0.309. The third kappa shape index (κ3) is 4.16. The molecule has 1 aromatic heterocycles. The second kappa shape index (κ2) is 8.99. The molecule has 1 saturated heterocycles. The van der Waals surface area contributed by atoms with E-state index in [0.717, 1.165) is 45.4 Å². The number of hydrogen-bond donors (Lipinski definition) is 0. The summed E-state index contributed by atoms with van der Waals surface area (Å²) in [5.41, 5.74) is 4.76. The number of imide groups is 1. The molecule has 3 aromatic carbocycles. The Morgan fingerprint density at radius 2 is 1.65 bits per heavy atom. The number of carbonyl (C=O) groups is 2. The molecule has 170 valence electrons. The van der Waals surface area contributed by atoms with Crippen LogP contribution in [-0.2, 0) is 11.3 Å². The van der Waals surface area contributed by atoms with E-state index in [-0.39, 0.29) is 17.7 Å². The van der Waals surface area contributed by atoms with Gasteiger partial charge in [0, 0.05) is 17.1 Å². The van der Waals surface area contributed by atoms with Crippen molar-refractivity contribution in [3.8, 4) is 5.69 Å². The molecule has 4 aromatic rings. The van der Waals surface area contributed by atoms with Crippen molar-refractivity contribution in [3.05, 3.63) is 104 Å². The normalized spacial score (nSPS) is 15.2. The number of halogens is 2. The first kappa shape index (κ1) is 22.8. The number of aryl methyl sites for hydroxylation is 1. The van der Waals surface area contributed by atoms with Crippen molar-refractivity contribution >= 4 is 63.0 Å². The Kier molecular flexibility index (Phi) is 6.02. The minimum absolute atomic E-state index is 0.148. The van der Waals surface area contributed by atoms with Crippen molar-refractivity contribution in [1.82, 2.24) is 9.47 Å². The highest BCUT2D eigenvalue weighted by Crippen LogP contribution is 2.35. The van der Waals surface area contributed by atoms with Crippen LogP contribution in [0.4, 0.5) is 4.79 Å². The zero-order valence-electron chi connectivity index (χ0n) is 18.5. The summed E-state index contributed by atoms with van der Waals surface area (Å²) in [4.78, 5) is 27.3. The van der Waals surface area contributed by atoms with E-state index in [1.54, 1.807) is 24.3 Å². The van der Waals surface area contributed by atoms with E-state index in [1.165, 1.54) is 10.3 Å². The quantitative estimate of drug-likeness (QED) is 0.265. The van der Waals surface area contributed by atoms with Crippen molar-refractivity contribution in [2.75, 3.05) is 0 Å². The summed E-state index contributed by atoms with van der Waals surface area (Å²) in [6.45, 7) is 4.21. The summed E-state index contributed by atoms with van der Waals surface area (Å²) >= 11 is 13.0. The lowest BCUT2D eigenvalue weighted by molar-refractivity contribution is -0.123. The second-order valence-electron chi connectivity index (χ2n) is 8.21. The number of amides is 2. The van der Waals surface area contributed by atoms with Gasteiger partial charge in [-0.15, -0.1) is 0 Å². The first-order valence-corrected chi connectivity index (χ1v) is 12.3. The summed E-state index contributed by atoms with van der Waals surface area (Å²) in [5, 5.41) is 2.87. The first-order valence-electron chi connectivity index (χ1n) is 10.7. The molecule has 0 unspecified atom stereocenters. The Balaban J connectivity index is 1.45. The third-order valence-corrected chi connectivity index (χ3v) is 7.59. The zero-order valence-corrected chi connectivity index (χ0v) is 20.8. The highest BCUT2D eigenvalue weighted by atomic mass is 35.5. The van der Waals surface area contributed by atoms with Gasteiger partial charge in [-0.1, -0.05) is 59.6 Å². The van der Waals surface area contributed by atoms with Crippen LogP contribution in [0, 0.1) is 13.8 Å². The van der Waals surface area contributed by atoms with Gasteiger partial charge in [-0.05, 0) is 83.9 Å². The fraction of sp³-hybridized carbons (Fsp3) is 0.111. The Labute approximate surface area is 211 Å². The predicted octanol–water partition coefficient (Wildman–Crippen LogP) is 7.79. The molecule has 0 atom stereocenters. The molecule has 2 amide bonds. The Morgan fingerprint density at radius 1 is 0.882 bits per heavy atom. The Hall–Kier alpha value is -2.99. The highest BCUT2D eigenvalue weighted by molar-refractivity contribution is 8.18. The van der Waals surface area contributed by atoms with Gasteiger partial charge in [0.1, 0.15) is 0 Å². The maximum Gasteiger partial charge on any atom is 0.293 e. The molecule has 1 fully saturated rings. The third-order valence-electron chi connectivity index (χ3n) is 5.95. The first-order chi connectivity index (χ1) is 16.3. The standard InChI is InChI=1S/C27H20Cl2N2O2S/c1-16-11-21(17(2)31(16)22-9-8-19-5-3-4-6-20(19)13-22)14-25-26(32)30(27(33)34-25)15-18-7-10-23(28)24(29)12-18/h3-14H,15H2,1-2H3/b25-14-. The van der Waals surface area contributed by atoms with Crippen LogP contribution >= 0.6 is 35.0 Å². The van der Waals surface area contributed by atoms with Gasteiger partial charge in [-0.3, -0.25) is 14.5 Å². The van der Waals surface area contributed by atoms with E-state index in [2.05, 4.69) is 34.9 Å². The number of benzene rings is 3. The van der Waals surface area contributed by atoms with Crippen LogP contribution < -0.4 is 0 Å². The lowest BCUT2D eigenvalue weighted by Crippen LogP contribution is -2.27. The average molecular weight is 507 g/mol. The Bertz CT molecular complexity index is 1510. The number of hydrogen-bond acceptors (Lipinski definition) is 3. The number of rotatable bonds is 4. The second-order valence-corrected chi connectivity index (χ2v) is 10.0. The molecule has 0 N–H and O–H groups in total. The zero-order chi connectivity index (χ0) is 24.0. The number of aromatic nitrogens is 1. The monoisotopic (exact) mass is 506 g/mol. The van der Waals surface area contributed by atoms with Gasteiger partial charge < -0.3 is 4.57 Å². The molecular weight excluding hydrogens is 487 g/mol. The van der Waals surface area contributed by atoms with E-state index >= 15 is 0 Å². The highest BCUT2D eigenvalue weighted by Gasteiger charge is 2.35. The molecule has 5 rings (SSSR count). The van der Waals surface area contributed by atoms with Gasteiger partial charge in [0.25, 0.3) is 11.1 Å². The SMILES string of the molecule is Cc1cc(/C=C2\SC(=O)N(Cc3ccc(Cl)c(Cl)c3)C2=O)c(C)n1-c1ccc2ccccc2c1. The van der Waals surface area contributed by atoms with Gasteiger partial charge in [0.2, 0.25) is 0 Å². The minimum Gasteiger partial charge on any atom is -0.318 e. The van der Waals surface area contributed by atoms with Gasteiger partial charge in [-0.2, -0.15) is 0 Å². The summed E-state index contributed by atoms with van der Waals surface area (Å²) in [7, 11) is 0. The molecule has 0 radical (unpaired) electrons. The van der Waals surface area contributed by atoms with Crippen molar-refractivity contribution in [2.24, 2.45) is 0 Å². The van der Waals surface area contributed by atoms with E-state index in [4.69, 9.17) is 23.2 Å². The maximum atomic E-state index is 13.0. The van der Waals surface area contributed by atoms with Crippen LogP contribution in [0.15, 0.2) is 71.6 Å². The van der Waals surface area contributed by atoms with Crippen LogP contribution in [0.3, 0.4) is 0 Å². The summed E-state index contributed by atoms with van der Waals surface area (Å²) in [6.07, 6.45) is 1.81. The van der Waals surface area contributed by atoms with Crippen LogP contribution in [0.5, 0.6) is 0 Å². The van der Waals surface area contributed by atoms with Crippen LogP contribution in [0.1, 0.15) is 22.5 Å². The molecule has 7 heteroatoms. The van der Waals surface area contributed by atoms with Crippen LogP contribution in [-0.4, -0.2) is 20.6 Å². The van der Waals surface area contributed by atoms with Gasteiger partial charge in [-0.25, -0.2) is 0 Å². The van der Waals surface area contributed by atoms with Gasteiger partial charge >= 0.3 is 0 Å². The molecule has 0 aliphatic carbocycles. The van der Waals surface area contributed by atoms with Gasteiger partial charge in [0.15, 0.2) is 0 Å². The molecule has 0 saturated carbocycles. The molecular formula is C27H20Cl2N2O2S. The lowest BCUT2D eigenvalue weighted by atomic mass is 10.1. The fourth-order valence-electron chi connectivity index (χ4n) is 4.24. The minimum atomic E-state index is -0.309. The molecule has 34 heavy (non-hydrogen) atoms. The largest absolute Gasteiger partial charge is 0.318 e. The fourth-order valence-corrected chi connectivity index (χ4v) is 5.39. The summed E-state index contributed by atoms with van der Waals surface area (Å²) in [6, 6.07) is 21.7. The van der Waals surface area contributed by atoms with Crippen LogP contribution in [0.25, 0.3) is 22.5 Å². The molecule has 4 nitrogen and oxygen atoms in total. The number of carbonyl (C=O) groups excluding carboxylic acids is 2. The van der Waals surface area contributed by atoms with Crippen molar-refractivity contribution in [1.29, 1.82) is 0 Å². The molecule has 0 bridgehead atoms. The van der Waals surface area contributed by atoms with E-state index < -0.39 is 0 Å². The summed E-state index contributed by atoms with van der Waals surface area (Å²) < 4.78 is 2.16. The number of nitrogens with zero attached hydrogens (tertiary/aromatic N) is 2. The average Bonchev–Trinajstić information content (AvgIpc) is 3.25. The molecule has 1 aliphatic heterocycles. The smallest absolute Gasteiger partial charge is 0.293 e. The number of thioether (sulfide) groups is 1. The van der Waals surface area contributed by atoms with Crippen LogP contribution in [0.2, 0.25) is 10.0 Å². The molecule has 0 spiro atoms. The Morgan fingerprint density at radius 3 is 2.41 bits per heavy atom.